The summed E-state index contributed by atoms with van der Waals surface area (Å²) in [7, 11) is 0. The van der Waals surface area contributed by atoms with E-state index in [1.165, 1.54) is 0 Å². The zero-order valence-electron chi connectivity index (χ0n) is 17.6. The van der Waals surface area contributed by atoms with Gasteiger partial charge in [-0.15, -0.1) is 10.2 Å². The highest BCUT2D eigenvalue weighted by atomic mass is 16.7. The molecule has 0 saturated carbocycles. The molecule has 31 heavy (non-hydrogen) atoms. The third-order valence-corrected chi connectivity index (χ3v) is 5.61. The van der Waals surface area contributed by atoms with Crippen LogP contribution in [0, 0.1) is 13.8 Å². The number of carbonyl (C=O) groups excluding carboxylic acids is 1. The molecule has 2 aromatic heterocycles. The third-order valence-electron chi connectivity index (χ3n) is 5.61. The Balaban J connectivity index is 1.18. The summed E-state index contributed by atoms with van der Waals surface area (Å²) >= 11 is 0. The lowest BCUT2D eigenvalue weighted by Gasteiger charge is -2.35. The van der Waals surface area contributed by atoms with Crippen LogP contribution in [0.5, 0.6) is 11.5 Å². The molecule has 0 aliphatic carbocycles. The molecule has 1 aromatic carbocycles. The summed E-state index contributed by atoms with van der Waals surface area (Å²) in [5, 5.41) is 13.2. The molecule has 0 bridgehead atoms. The molecule has 1 amide bonds. The maximum absolute atomic E-state index is 12.7. The first-order valence-corrected chi connectivity index (χ1v) is 10.4. The van der Waals surface area contributed by atoms with Gasteiger partial charge in [-0.25, -0.2) is 4.68 Å². The molecule has 160 valence electrons. The van der Waals surface area contributed by atoms with Crippen molar-refractivity contribution in [1.29, 1.82) is 0 Å². The highest BCUT2D eigenvalue weighted by Crippen LogP contribution is 2.32. The minimum Gasteiger partial charge on any atom is -0.454 e. The van der Waals surface area contributed by atoms with Crippen molar-refractivity contribution in [2.75, 3.05) is 37.9 Å². The van der Waals surface area contributed by atoms with Crippen molar-refractivity contribution in [3.63, 3.8) is 0 Å². The van der Waals surface area contributed by atoms with Gasteiger partial charge in [0.2, 0.25) is 12.7 Å². The molecular formula is C22H24N6O3. The van der Waals surface area contributed by atoms with Crippen molar-refractivity contribution < 1.29 is 14.3 Å². The first kappa shape index (κ1) is 19.3. The summed E-state index contributed by atoms with van der Waals surface area (Å²) in [6.45, 7) is 6.95. The van der Waals surface area contributed by atoms with Crippen molar-refractivity contribution in [1.82, 2.24) is 24.9 Å². The fourth-order valence-corrected chi connectivity index (χ4v) is 3.98. The van der Waals surface area contributed by atoms with Gasteiger partial charge in [-0.05, 0) is 49.7 Å². The Kier molecular flexibility index (Phi) is 4.93. The zero-order valence-corrected chi connectivity index (χ0v) is 17.6. The number of ether oxygens (including phenoxy) is 2. The average Bonchev–Trinajstić information content (AvgIpc) is 3.39. The van der Waals surface area contributed by atoms with Crippen LogP contribution in [-0.2, 0) is 11.2 Å². The number of aryl methyl sites for hydroxylation is 2. The number of carbonyl (C=O) groups is 1. The third kappa shape index (κ3) is 3.90. The number of anilines is 1. The topological polar surface area (TPSA) is 85.6 Å². The Morgan fingerprint density at radius 1 is 0.935 bits per heavy atom. The minimum absolute atomic E-state index is 0.115. The highest BCUT2D eigenvalue weighted by Gasteiger charge is 2.23. The Bertz CT molecular complexity index is 1100. The van der Waals surface area contributed by atoms with Crippen LogP contribution in [0.25, 0.3) is 5.82 Å². The predicted molar refractivity (Wildman–Crippen MR) is 114 cm³/mol. The number of hydrogen-bond acceptors (Lipinski definition) is 7. The molecule has 1 fully saturated rings. The van der Waals surface area contributed by atoms with Gasteiger partial charge in [0.15, 0.2) is 23.1 Å². The van der Waals surface area contributed by atoms with E-state index in [9.17, 15) is 4.79 Å². The van der Waals surface area contributed by atoms with E-state index in [1.807, 2.05) is 55.1 Å². The van der Waals surface area contributed by atoms with Crippen molar-refractivity contribution >= 4 is 11.7 Å². The average molecular weight is 420 g/mol. The predicted octanol–water partition coefficient (Wildman–Crippen LogP) is 1.90. The van der Waals surface area contributed by atoms with E-state index in [4.69, 9.17) is 9.47 Å². The molecule has 2 aliphatic rings. The second-order valence-electron chi connectivity index (χ2n) is 7.82. The quantitative estimate of drug-likeness (QED) is 0.637. The lowest BCUT2D eigenvalue weighted by atomic mass is 10.1. The molecule has 0 unspecified atom stereocenters. The van der Waals surface area contributed by atoms with Gasteiger partial charge >= 0.3 is 0 Å². The van der Waals surface area contributed by atoms with Crippen LogP contribution in [0.4, 0.5) is 5.82 Å². The van der Waals surface area contributed by atoms with Gasteiger partial charge in [0, 0.05) is 31.9 Å². The second kappa shape index (κ2) is 7.90. The summed E-state index contributed by atoms with van der Waals surface area (Å²) < 4.78 is 12.5. The van der Waals surface area contributed by atoms with Crippen molar-refractivity contribution in [2.24, 2.45) is 0 Å². The Morgan fingerprint density at radius 3 is 2.39 bits per heavy atom. The molecular weight excluding hydrogens is 396 g/mol. The number of amides is 1. The zero-order chi connectivity index (χ0) is 21.4. The lowest BCUT2D eigenvalue weighted by Crippen LogP contribution is -2.49. The summed E-state index contributed by atoms with van der Waals surface area (Å²) in [5.41, 5.74) is 2.90. The Hall–Kier alpha value is -3.62. The van der Waals surface area contributed by atoms with Crippen molar-refractivity contribution in [2.45, 2.75) is 20.3 Å². The Morgan fingerprint density at radius 2 is 1.68 bits per heavy atom. The number of nitrogens with zero attached hydrogens (tertiary/aromatic N) is 6. The second-order valence-corrected chi connectivity index (χ2v) is 7.82. The maximum atomic E-state index is 12.7. The largest absolute Gasteiger partial charge is 0.454 e. The molecule has 5 rings (SSSR count). The molecule has 2 aliphatic heterocycles. The van der Waals surface area contributed by atoms with Crippen molar-refractivity contribution in [3.8, 4) is 17.3 Å². The van der Waals surface area contributed by atoms with Crippen LogP contribution < -0.4 is 14.4 Å². The molecule has 9 nitrogen and oxygen atoms in total. The number of rotatable bonds is 4. The van der Waals surface area contributed by atoms with Crippen LogP contribution in [0.15, 0.2) is 36.4 Å². The smallest absolute Gasteiger partial charge is 0.231 e. The minimum atomic E-state index is 0.115. The first-order valence-electron chi connectivity index (χ1n) is 10.4. The highest BCUT2D eigenvalue weighted by molar-refractivity contribution is 5.79. The normalized spacial score (nSPS) is 15.4. The summed E-state index contributed by atoms with van der Waals surface area (Å²) in [6, 6.07) is 11.6. The molecule has 4 heterocycles. The van der Waals surface area contributed by atoms with Crippen LogP contribution >= 0.6 is 0 Å². The molecule has 0 N–H and O–H groups in total. The van der Waals surface area contributed by atoms with E-state index in [0.717, 1.165) is 41.6 Å². The lowest BCUT2D eigenvalue weighted by molar-refractivity contribution is -0.130. The molecule has 0 radical (unpaired) electrons. The van der Waals surface area contributed by atoms with E-state index >= 15 is 0 Å². The van der Waals surface area contributed by atoms with Gasteiger partial charge in [-0.1, -0.05) is 6.07 Å². The molecule has 1 saturated heterocycles. The van der Waals surface area contributed by atoms with Crippen LogP contribution in [0.1, 0.15) is 17.0 Å². The van der Waals surface area contributed by atoms with Crippen LogP contribution in [0.3, 0.4) is 0 Å². The summed E-state index contributed by atoms with van der Waals surface area (Å²) in [5.74, 6) is 3.07. The molecule has 0 spiro atoms. The van der Waals surface area contributed by atoms with Crippen molar-refractivity contribution in [3.05, 3.63) is 53.3 Å². The van der Waals surface area contributed by atoms with Gasteiger partial charge < -0.3 is 19.3 Å². The Labute approximate surface area is 180 Å². The number of piperazine rings is 1. The standard InChI is InChI=1S/C22H24N6O3/c1-15-11-16(2)28(25-15)21-6-5-20(23-24-21)26-7-9-27(10-8-26)22(29)13-17-3-4-18-19(12-17)31-14-30-18/h3-6,11-12H,7-10,13-14H2,1-2H3. The van der Waals surface area contributed by atoms with E-state index in [0.29, 0.717) is 31.1 Å². The monoisotopic (exact) mass is 420 g/mol. The SMILES string of the molecule is Cc1cc(C)n(-c2ccc(N3CCN(C(=O)Cc4ccc5c(c4)OCO5)CC3)nn2)n1. The summed E-state index contributed by atoms with van der Waals surface area (Å²) in [4.78, 5) is 16.8. The molecule has 0 atom stereocenters. The molecule has 3 aromatic rings. The van der Waals surface area contributed by atoms with Crippen LogP contribution in [0.2, 0.25) is 0 Å². The number of hydrogen-bond donors (Lipinski definition) is 0. The van der Waals surface area contributed by atoms with Gasteiger partial charge in [0.25, 0.3) is 0 Å². The van der Waals surface area contributed by atoms with Gasteiger partial charge in [0.05, 0.1) is 12.1 Å². The first-order chi connectivity index (χ1) is 15.1. The van der Waals surface area contributed by atoms with E-state index in [2.05, 4.69) is 20.2 Å². The number of benzene rings is 1. The van der Waals surface area contributed by atoms with E-state index in [-0.39, 0.29) is 12.7 Å². The van der Waals surface area contributed by atoms with Crippen LogP contribution in [-0.4, -0.2) is 63.8 Å². The van der Waals surface area contributed by atoms with E-state index < -0.39 is 0 Å². The van der Waals surface area contributed by atoms with Gasteiger partial charge in [-0.3, -0.25) is 4.79 Å². The fraction of sp³-hybridized carbons (Fsp3) is 0.364. The fourth-order valence-electron chi connectivity index (χ4n) is 3.98. The van der Waals surface area contributed by atoms with Gasteiger partial charge in [-0.2, -0.15) is 5.10 Å². The van der Waals surface area contributed by atoms with Gasteiger partial charge in [0.1, 0.15) is 0 Å². The maximum Gasteiger partial charge on any atom is 0.231 e. The number of fused-ring (bicyclic) bond motifs is 1. The summed E-state index contributed by atoms with van der Waals surface area (Å²) in [6.07, 6.45) is 0.355. The molecule has 9 heteroatoms. The number of aromatic nitrogens is 4. The van der Waals surface area contributed by atoms with E-state index in [1.54, 1.807) is 4.68 Å².